The van der Waals surface area contributed by atoms with Gasteiger partial charge in [0.2, 0.25) is 0 Å². The fraction of sp³-hybridized carbons (Fsp3) is 0.333. The van der Waals surface area contributed by atoms with Crippen LogP contribution in [-0.2, 0) is 13.5 Å². The zero-order valence-electron chi connectivity index (χ0n) is 8.72. The molecule has 3 heteroatoms. The van der Waals surface area contributed by atoms with E-state index in [0.29, 0.717) is 6.42 Å². The van der Waals surface area contributed by atoms with Crippen molar-refractivity contribution in [3.63, 3.8) is 0 Å². The van der Waals surface area contributed by atoms with Crippen molar-refractivity contribution in [2.75, 3.05) is 0 Å². The molecule has 1 heterocycles. The number of nitriles is 1. The minimum absolute atomic E-state index is 0.409. The van der Waals surface area contributed by atoms with Crippen molar-refractivity contribution in [3.05, 3.63) is 42.5 Å². The highest BCUT2D eigenvalue weighted by atomic mass is 15.0. The van der Waals surface area contributed by atoms with Crippen LogP contribution in [0.3, 0.4) is 0 Å². The molecule has 0 radical (unpaired) electrons. The van der Waals surface area contributed by atoms with Gasteiger partial charge in [0.1, 0.15) is 5.82 Å². The van der Waals surface area contributed by atoms with Gasteiger partial charge >= 0.3 is 0 Å². The van der Waals surface area contributed by atoms with Gasteiger partial charge in [0, 0.05) is 25.9 Å². The lowest BCUT2D eigenvalue weighted by Gasteiger charge is -2.22. The molecule has 0 spiro atoms. The highest BCUT2D eigenvalue weighted by Gasteiger charge is 2.28. The first-order valence-electron chi connectivity index (χ1n) is 4.98. The highest BCUT2D eigenvalue weighted by molar-refractivity contribution is 5.25. The molecule has 0 aliphatic heterocycles. The van der Waals surface area contributed by atoms with Crippen LogP contribution in [0.4, 0.5) is 0 Å². The molecule has 76 valence electrons. The molecular formula is C12H13N3. The van der Waals surface area contributed by atoms with Gasteiger partial charge in [0.05, 0.1) is 11.5 Å². The molecular weight excluding hydrogens is 186 g/mol. The third-order valence-electron chi connectivity index (χ3n) is 2.76. The molecule has 0 aromatic carbocycles. The molecule has 0 saturated heterocycles. The molecule has 2 rings (SSSR count). The van der Waals surface area contributed by atoms with Crippen LogP contribution in [0, 0.1) is 16.7 Å². The lowest BCUT2D eigenvalue weighted by molar-refractivity contribution is 0.484. The molecule has 0 amide bonds. The second-order valence-electron chi connectivity index (χ2n) is 3.89. The molecule has 1 aliphatic carbocycles. The van der Waals surface area contributed by atoms with Gasteiger partial charge in [0.25, 0.3) is 0 Å². The Morgan fingerprint density at radius 3 is 3.00 bits per heavy atom. The highest BCUT2D eigenvalue weighted by Crippen LogP contribution is 2.30. The summed E-state index contributed by atoms with van der Waals surface area (Å²) in [6.45, 7) is 0. The fourth-order valence-corrected chi connectivity index (χ4v) is 1.77. The molecule has 15 heavy (non-hydrogen) atoms. The van der Waals surface area contributed by atoms with Crippen LogP contribution in [0.25, 0.3) is 0 Å². The largest absolute Gasteiger partial charge is 0.338 e. The quantitative estimate of drug-likeness (QED) is 0.731. The molecule has 0 N–H and O–H groups in total. The first kappa shape index (κ1) is 9.72. The van der Waals surface area contributed by atoms with Crippen LogP contribution in [0.15, 0.2) is 36.7 Å². The zero-order chi connectivity index (χ0) is 10.7. The zero-order valence-corrected chi connectivity index (χ0v) is 8.72. The third-order valence-corrected chi connectivity index (χ3v) is 2.76. The summed E-state index contributed by atoms with van der Waals surface area (Å²) in [6, 6.07) is 2.39. The fourth-order valence-electron chi connectivity index (χ4n) is 1.77. The molecule has 1 unspecified atom stereocenters. The summed E-state index contributed by atoms with van der Waals surface area (Å²) >= 11 is 0. The summed E-state index contributed by atoms with van der Waals surface area (Å²) in [5.41, 5.74) is -0.409. The molecule has 0 saturated carbocycles. The van der Waals surface area contributed by atoms with Crippen molar-refractivity contribution in [1.29, 1.82) is 5.26 Å². The first-order valence-corrected chi connectivity index (χ1v) is 4.98. The second kappa shape index (κ2) is 3.74. The summed E-state index contributed by atoms with van der Waals surface area (Å²) in [5.74, 6) is 0.955. The van der Waals surface area contributed by atoms with E-state index < -0.39 is 5.41 Å². The van der Waals surface area contributed by atoms with Crippen LogP contribution in [0.1, 0.15) is 12.2 Å². The predicted octanol–water partition coefficient (Wildman–Crippen LogP) is 1.99. The Labute approximate surface area is 89.4 Å². The van der Waals surface area contributed by atoms with Crippen LogP contribution in [-0.4, -0.2) is 9.55 Å². The standard InChI is InChI=1S/C12H13N3/c1-15-8-7-14-11(15)9-12(10-13)5-3-2-4-6-12/h2-5,7-8H,6,9H2,1H3. The van der Waals surface area contributed by atoms with E-state index in [2.05, 4.69) is 11.1 Å². The van der Waals surface area contributed by atoms with E-state index in [9.17, 15) is 5.26 Å². The van der Waals surface area contributed by atoms with Crippen molar-refractivity contribution in [3.8, 4) is 6.07 Å². The molecule has 1 aliphatic rings. The van der Waals surface area contributed by atoms with Gasteiger partial charge in [-0.25, -0.2) is 4.98 Å². The topological polar surface area (TPSA) is 41.6 Å². The number of hydrogen-bond acceptors (Lipinski definition) is 2. The van der Waals surface area contributed by atoms with Crippen molar-refractivity contribution < 1.29 is 0 Å². The van der Waals surface area contributed by atoms with Gasteiger partial charge in [-0.3, -0.25) is 0 Å². The lowest BCUT2D eigenvalue weighted by atomic mass is 9.80. The molecule has 0 fully saturated rings. The Hall–Kier alpha value is -1.82. The Kier molecular flexibility index (Phi) is 2.42. The monoisotopic (exact) mass is 199 g/mol. The maximum Gasteiger partial charge on any atom is 0.110 e. The number of hydrogen-bond donors (Lipinski definition) is 0. The van der Waals surface area contributed by atoms with E-state index >= 15 is 0 Å². The molecule has 0 bridgehead atoms. The van der Waals surface area contributed by atoms with Crippen LogP contribution in [0.2, 0.25) is 0 Å². The van der Waals surface area contributed by atoms with Crippen molar-refractivity contribution in [2.24, 2.45) is 12.5 Å². The predicted molar refractivity (Wildman–Crippen MR) is 57.9 cm³/mol. The maximum absolute atomic E-state index is 9.26. The summed E-state index contributed by atoms with van der Waals surface area (Å²) < 4.78 is 1.96. The number of allylic oxidation sites excluding steroid dienone is 4. The maximum atomic E-state index is 9.26. The Bertz CT molecular complexity index is 448. The summed E-state index contributed by atoms with van der Waals surface area (Å²) in [5, 5.41) is 9.26. The van der Waals surface area contributed by atoms with Gasteiger partial charge in [-0.2, -0.15) is 5.26 Å². The van der Waals surface area contributed by atoms with Gasteiger partial charge in [-0.05, 0) is 6.42 Å². The van der Waals surface area contributed by atoms with E-state index in [-0.39, 0.29) is 0 Å². The lowest BCUT2D eigenvalue weighted by Crippen LogP contribution is -2.21. The van der Waals surface area contributed by atoms with Gasteiger partial charge in [0.15, 0.2) is 0 Å². The van der Waals surface area contributed by atoms with Gasteiger partial charge in [-0.1, -0.05) is 24.3 Å². The Balaban J connectivity index is 2.24. The number of nitrogens with zero attached hydrogens (tertiary/aromatic N) is 3. The summed E-state index contributed by atoms with van der Waals surface area (Å²) in [6.07, 6.45) is 13.0. The van der Waals surface area contributed by atoms with Crippen molar-refractivity contribution >= 4 is 0 Å². The number of aromatic nitrogens is 2. The van der Waals surface area contributed by atoms with E-state index in [1.54, 1.807) is 6.20 Å². The minimum Gasteiger partial charge on any atom is -0.338 e. The number of imidazole rings is 1. The van der Waals surface area contributed by atoms with Crippen LogP contribution >= 0.6 is 0 Å². The minimum atomic E-state index is -0.409. The van der Waals surface area contributed by atoms with E-state index in [4.69, 9.17) is 0 Å². The molecule has 3 nitrogen and oxygen atoms in total. The molecule has 1 aromatic heterocycles. The number of aryl methyl sites for hydroxylation is 1. The van der Waals surface area contributed by atoms with Gasteiger partial charge < -0.3 is 4.57 Å². The van der Waals surface area contributed by atoms with Crippen molar-refractivity contribution in [2.45, 2.75) is 12.8 Å². The Morgan fingerprint density at radius 2 is 2.47 bits per heavy atom. The first-order chi connectivity index (χ1) is 7.26. The molecule has 1 aromatic rings. The van der Waals surface area contributed by atoms with E-state index in [1.165, 1.54) is 0 Å². The number of rotatable bonds is 2. The van der Waals surface area contributed by atoms with E-state index in [0.717, 1.165) is 12.2 Å². The average molecular weight is 199 g/mol. The second-order valence-corrected chi connectivity index (χ2v) is 3.89. The summed E-state index contributed by atoms with van der Waals surface area (Å²) in [4.78, 5) is 4.26. The average Bonchev–Trinajstić information content (AvgIpc) is 2.66. The van der Waals surface area contributed by atoms with Crippen molar-refractivity contribution in [1.82, 2.24) is 9.55 Å². The SMILES string of the molecule is Cn1ccnc1CC1(C#N)C=CC=CC1. The van der Waals surface area contributed by atoms with E-state index in [1.807, 2.05) is 42.1 Å². The normalized spacial score (nSPS) is 24.0. The van der Waals surface area contributed by atoms with Crippen LogP contribution in [0.5, 0.6) is 0 Å². The molecule has 1 atom stereocenters. The van der Waals surface area contributed by atoms with Crippen LogP contribution < -0.4 is 0 Å². The van der Waals surface area contributed by atoms with Gasteiger partial charge in [-0.15, -0.1) is 0 Å². The summed E-state index contributed by atoms with van der Waals surface area (Å²) in [7, 11) is 1.95. The smallest absolute Gasteiger partial charge is 0.110 e. The third kappa shape index (κ3) is 1.84. The Morgan fingerprint density at radius 1 is 1.60 bits per heavy atom.